The predicted octanol–water partition coefficient (Wildman–Crippen LogP) is 14.2. The Balaban J connectivity index is 0.990. The maximum absolute atomic E-state index is 5.42. The number of nitrogens with zero attached hydrogens (tertiary/aromatic N) is 3. The number of fused-ring (bicyclic) bond motifs is 5. The maximum Gasteiger partial charge on any atom is 0.0672 e. The second-order valence-electron chi connectivity index (χ2n) is 15.5. The van der Waals surface area contributed by atoms with Crippen LogP contribution in [0.4, 0.5) is 0 Å². The molecule has 2 aromatic heterocycles. The third-order valence-electron chi connectivity index (χ3n) is 12.1. The SMILES string of the molecule is CCC1C(c2cccc(-c3ccc(-n4c5ccccc5c5cc6cc7ccn(-c8ccccc8)c7cc6cc54)cc3)c2)=NC(c2ccccc2)=CC1c1ccccc1. The van der Waals surface area contributed by atoms with Crippen LogP contribution in [-0.2, 0) is 0 Å². The molecule has 0 aliphatic carbocycles. The molecule has 8 aromatic carbocycles. The van der Waals surface area contributed by atoms with Crippen LogP contribution in [0.1, 0.15) is 36.0 Å². The first-order valence-corrected chi connectivity index (χ1v) is 20.4. The Labute approximate surface area is 338 Å². The first-order chi connectivity index (χ1) is 28.7. The lowest BCUT2D eigenvalue weighted by molar-refractivity contribution is 0.593. The van der Waals surface area contributed by atoms with Gasteiger partial charge in [-0.15, -0.1) is 0 Å². The lowest BCUT2D eigenvalue weighted by Crippen LogP contribution is -2.25. The monoisotopic (exact) mass is 743 g/mol. The van der Waals surface area contributed by atoms with Gasteiger partial charge >= 0.3 is 0 Å². The summed E-state index contributed by atoms with van der Waals surface area (Å²) in [5.74, 6) is 0.498. The van der Waals surface area contributed by atoms with Crippen molar-refractivity contribution in [3.8, 4) is 22.5 Å². The number of rotatable bonds is 7. The summed E-state index contributed by atoms with van der Waals surface area (Å²) in [7, 11) is 0. The third kappa shape index (κ3) is 5.78. The second-order valence-corrected chi connectivity index (χ2v) is 15.5. The number of aromatic nitrogens is 2. The molecule has 10 aromatic rings. The molecule has 0 bridgehead atoms. The van der Waals surface area contributed by atoms with E-state index >= 15 is 0 Å². The molecule has 0 radical (unpaired) electrons. The molecule has 0 N–H and O–H groups in total. The number of para-hydroxylation sites is 2. The van der Waals surface area contributed by atoms with Crippen molar-refractivity contribution in [2.24, 2.45) is 10.9 Å². The fourth-order valence-corrected chi connectivity index (χ4v) is 9.31. The van der Waals surface area contributed by atoms with Gasteiger partial charge < -0.3 is 9.13 Å². The highest BCUT2D eigenvalue weighted by molar-refractivity contribution is 6.15. The van der Waals surface area contributed by atoms with Gasteiger partial charge in [-0.2, -0.15) is 0 Å². The van der Waals surface area contributed by atoms with Crippen LogP contribution >= 0.6 is 0 Å². The Morgan fingerprint density at radius 1 is 0.466 bits per heavy atom. The molecular weight excluding hydrogens is 703 g/mol. The van der Waals surface area contributed by atoms with Gasteiger partial charge in [0.1, 0.15) is 0 Å². The molecule has 3 heterocycles. The summed E-state index contributed by atoms with van der Waals surface area (Å²) in [5.41, 5.74) is 14.2. The number of hydrogen-bond donors (Lipinski definition) is 0. The van der Waals surface area contributed by atoms with Crippen LogP contribution in [0, 0.1) is 5.92 Å². The Morgan fingerprint density at radius 3 is 1.93 bits per heavy atom. The van der Waals surface area contributed by atoms with Gasteiger partial charge in [0.05, 0.1) is 28.0 Å². The quantitative estimate of drug-likeness (QED) is 0.155. The molecule has 0 saturated heterocycles. The van der Waals surface area contributed by atoms with Crippen LogP contribution < -0.4 is 0 Å². The molecule has 1 aliphatic rings. The number of hydrogen-bond acceptors (Lipinski definition) is 1. The lowest BCUT2D eigenvalue weighted by atomic mass is 9.76. The van der Waals surface area contributed by atoms with Gasteiger partial charge in [-0.3, -0.25) is 4.99 Å². The van der Waals surface area contributed by atoms with Crippen molar-refractivity contribution in [2.75, 3.05) is 0 Å². The van der Waals surface area contributed by atoms with Gasteiger partial charge in [-0.05, 0) is 118 Å². The number of benzene rings is 8. The molecule has 2 atom stereocenters. The van der Waals surface area contributed by atoms with Crippen molar-refractivity contribution in [3.05, 3.63) is 223 Å². The van der Waals surface area contributed by atoms with Gasteiger partial charge in [0, 0.05) is 45.6 Å². The normalized spacial score (nSPS) is 15.6. The van der Waals surface area contributed by atoms with Gasteiger partial charge in [-0.1, -0.05) is 134 Å². The highest BCUT2D eigenvalue weighted by Crippen LogP contribution is 2.41. The first kappa shape index (κ1) is 34.1. The molecule has 3 heteroatoms. The Morgan fingerprint density at radius 2 is 1.14 bits per heavy atom. The highest BCUT2D eigenvalue weighted by atomic mass is 15.0. The van der Waals surface area contributed by atoms with E-state index in [4.69, 9.17) is 4.99 Å². The standard InChI is InChI=1S/C55H41N3/c1-2-47-49(38-15-6-3-7-16-38)36-51(39-17-8-4-9-18-39)56-55(47)42-20-14-19-40(31-42)37-25-27-46(28-26-37)58-52-24-13-12-23-48(52)50-33-43-32-41-29-30-57(45-21-10-5-11-22-45)53(41)34-44(43)35-54(50)58/h3-36,47,49H,2H2,1H3. The molecular formula is C55H41N3. The van der Waals surface area contributed by atoms with Crippen LogP contribution in [0.2, 0.25) is 0 Å². The summed E-state index contributed by atoms with van der Waals surface area (Å²) in [6.07, 6.45) is 5.55. The van der Waals surface area contributed by atoms with Crippen molar-refractivity contribution in [1.82, 2.24) is 9.13 Å². The van der Waals surface area contributed by atoms with Crippen LogP contribution in [0.25, 0.3) is 71.7 Å². The predicted molar refractivity (Wildman–Crippen MR) is 244 cm³/mol. The minimum atomic E-state index is 0.237. The van der Waals surface area contributed by atoms with E-state index in [2.05, 4.69) is 222 Å². The summed E-state index contributed by atoms with van der Waals surface area (Å²) >= 11 is 0. The Hall–Kier alpha value is -7.23. The summed E-state index contributed by atoms with van der Waals surface area (Å²) in [5, 5.41) is 6.24. The van der Waals surface area contributed by atoms with Gasteiger partial charge in [0.25, 0.3) is 0 Å². The third-order valence-corrected chi connectivity index (χ3v) is 12.1. The van der Waals surface area contributed by atoms with Crippen molar-refractivity contribution in [1.29, 1.82) is 0 Å². The van der Waals surface area contributed by atoms with Gasteiger partial charge in [-0.25, -0.2) is 0 Å². The van der Waals surface area contributed by atoms with E-state index in [1.807, 2.05) is 0 Å². The summed E-state index contributed by atoms with van der Waals surface area (Å²) in [4.78, 5) is 5.42. The van der Waals surface area contributed by atoms with E-state index in [1.54, 1.807) is 0 Å². The van der Waals surface area contributed by atoms with E-state index in [1.165, 1.54) is 71.4 Å². The zero-order chi connectivity index (χ0) is 38.6. The van der Waals surface area contributed by atoms with E-state index in [-0.39, 0.29) is 11.8 Å². The van der Waals surface area contributed by atoms with E-state index < -0.39 is 0 Å². The second kappa shape index (κ2) is 14.1. The zero-order valence-corrected chi connectivity index (χ0v) is 32.3. The number of allylic oxidation sites excluding steroid dienone is 1. The molecule has 0 amide bonds. The zero-order valence-electron chi connectivity index (χ0n) is 32.3. The molecule has 276 valence electrons. The summed E-state index contributed by atoms with van der Waals surface area (Å²) < 4.78 is 4.71. The molecule has 0 saturated carbocycles. The first-order valence-electron chi connectivity index (χ1n) is 20.4. The molecule has 0 spiro atoms. The van der Waals surface area contributed by atoms with Crippen molar-refractivity contribution in [2.45, 2.75) is 19.3 Å². The van der Waals surface area contributed by atoms with Crippen molar-refractivity contribution >= 4 is 54.9 Å². The van der Waals surface area contributed by atoms with Crippen LogP contribution in [0.3, 0.4) is 0 Å². The number of aliphatic imine (C=N–C) groups is 1. The van der Waals surface area contributed by atoms with Crippen LogP contribution in [-0.4, -0.2) is 14.8 Å². The maximum atomic E-state index is 5.42. The van der Waals surface area contributed by atoms with Gasteiger partial charge in [0.15, 0.2) is 0 Å². The molecule has 58 heavy (non-hydrogen) atoms. The Kier molecular flexibility index (Phi) is 8.25. The average Bonchev–Trinajstić information content (AvgIpc) is 3.86. The van der Waals surface area contributed by atoms with E-state index in [0.717, 1.165) is 29.1 Å². The molecule has 0 fully saturated rings. The van der Waals surface area contributed by atoms with Crippen molar-refractivity contribution < 1.29 is 0 Å². The minimum absolute atomic E-state index is 0.237. The smallest absolute Gasteiger partial charge is 0.0672 e. The minimum Gasteiger partial charge on any atom is -0.317 e. The fourth-order valence-electron chi connectivity index (χ4n) is 9.31. The van der Waals surface area contributed by atoms with Gasteiger partial charge in [0.2, 0.25) is 0 Å². The lowest BCUT2D eigenvalue weighted by Gasteiger charge is -2.31. The Bertz CT molecular complexity index is 3180. The molecule has 11 rings (SSSR count). The molecule has 1 aliphatic heterocycles. The van der Waals surface area contributed by atoms with Crippen molar-refractivity contribution in [3.63, 3.8) is 0 Å². The van der Waals surface area contributed by atoms with Crippen LogP contribution in [0.15, 0.2) is 211 Å². The topological polar surface area (TPSA) is 22.2 Å². The fraction of sp³-hybridized carbons (Fsp3) is 0.0727. The van der Waals surface area contributed by atoms with E-state index in [9.17, 15) is 0 Å². The summed E-state index contributed by atoms with van der Waals surface area (Å²) in [6.45, 7) is 2.29. The highest BCUT2D eigenvalue weighted by Gasteiger charge is 2.30. The molecule has 3 nitrogen and oxygen atoms in total. The average molecular weight is 744 g/mol. The van der Waals surface area contributed by atoms with E-state index in [0.29, 0.717) is 0 Å². The summed E-state index contributed by atoms with van der Waals surface area (Å²) in [6, 6.07) is 70.6. The van der Waals surface area contributed by atoms with Crippen LogP contribution in [0.5, 0.6) is 0 Å². The largest absolute Gasteiger partial charge is 0.317 e. The molecule has 2 unspecified atom stereocenters.